The molecule has 3 aromatic rings. The molecule has 14 heteroatoms. The summed E-state index contributed by atoms with van der Waals surface area (Å²) in [5.74, 6) is 0.462. The van der Waals surface area contributed by atoms with Crippen molar-refractivity contribution in [3.8, 4) is 0 Å². The van der Waals surface area contributed by atoms with Gasteiger partial charge in [0.1, 0.15) is 5.69 Å². The maximum atomic E-state index is 12.4. The molecule has 198 valence electrons. The third-order valence-electron chi connectivity index (χ3n) is 6.41. The molecule has 2 aromatic heterocycles. The lowest BCUT2D eigenvalue weighted by Gasteiger charge is -2.37. The van der Waals surface area contributed by atoms with E-state index in [2.05, 4.69) is 35.9 Å². The second kappa shape index (κ2) is 10.6. The van der Waals surface area contributed by atoms with Crippen LogP contribution in [0.3, 0.4) is 0 Å². The minimum atomic E-state index is -0.243. The van der Waals surface area contributed by atoms with Gasteiger partial charge in [-0.15, -0.1) is 5.10 Å². The van der Waals surface area contributed by atoms with E-state index in [1.165, 1.54) is 19.4 Å². The van der Waals surface area contributed by atoms with Crippen LogP contribution in [0.25, 0.3) is 5.65 Å². The van der Waals surface area contributed by atoms with E-state index in [4.69, 9.17) is 22.4 Å². The van der Waals surface area contributed by atoms with Crippen molar-refractivity contribution in [1.82, 2.24) is 29.8 Å². The second-order valence-corrected chi connectivity index (χ2v) is 9.59. The quantitative estimate of drug-likeness (QED) is 0.258. The number of halogens is 1. The van der Waals surface area contributed by atoms with Crippen molar-refractivity contribution in [3.05, 3.63) is 34.6 Å². The number of anilines is 4. The second-order valence-electron chi connectivity index (χ2n) is 9.21. The van der Waals surface area contributed by atoms with Crippen LogP contribution in [0.15, 0.2) is 18.3 Å². The Hall–Kier alpha value is -4.26. The van der Waals surface area contributed by atoms with Crippen LogP contribution in [0.1, 0.15) is 31.0 Å². The van der Waals surface area contributed by atoms with E-state index in [1.807, 2.05) is 6.07 Å². The molecule has 0 atom stereocenters. The number of carbonyl (C=O) groups is 2. The van der Waals surface area contributed by atoms with Crippen molar-refractivity contribution in [1.29, 1.82) is 10.8 Å². The van der Waals surface area contributed by atoms with Crippen LogP contribution in [-0.2, 0) is 9.59 Å². The van der Waals surface area contributed by atoms with E-state index < -0.39 is 0 Å². The monoisotopic (exact) mass is 537 g/mol. The minimum Gasteiger partial charge on any atom is -0.367 e. The van der Waals surface area contributed by atoms with Crippen LogP contribution in [0, 0.1) is 10.8 Å². The Balaban J connectivity index is 1.39. The summed E-state index contributed by atoms with van der Waals surface area (Å²) in [6.45, 7) is 3.41. The molecular formula is C24H28ClN11O2. The van der Waals surface area contributed by atoms with Crippen LogP contribution in [0.2, 0.25) is 5.02 Å². The van der Waals surface area contributed by atoms with Gasteiger partial charge in [-0.05, 0) is 30.5 Å². The van der Waals surface area contributed by atoms with Crippen LogP contribution in [-0.4, -0.2) is 87.5 Å². The zero-order valence-corrected chi connectivity index (χ0v) is 21.5. The molecule has 1 aliphatic carbocycles. The van der Waals surface area contributed by atoms with Gasteiger partial charge in [0.2, 0.25) is 17.8 Å². The largest absolute Gasteiger partial charge is 0.367 e. The first-order chi connectivity index (χ1) is 18.4. The van der Waals surface area contributed by atoms with Crippen molar-refractivity contribution in [2.75, 3.05) is 48.3 Å². The van der Waals surface area contributed by atoms with E-state index in [0.717, 1.165) is 18.5 Å². The zero-order chi connectivity index (χ0) is 26.8. The van der Waals surface area contributed by atoms with Crippen LogP contribution in [0.5, 0.6) is 0 Å². The van der Waals surface area contributed by atoms with Crippen molar-refractivity contribution >= 4 is 64.6 Å². The maximum absolute atomic E-state index is 12.4. The number of hydrogen-bond donors (Lipinski definition) is 5. The highest BCUT2D eigenvalue weighted by Crippen LogP contribution is 2.36. The number of fused-ring (bicyclic) bond motifs is 1. The van der Waals surface area contributed by atoms with Gasteiger partial charge in [0.25, 0.3) is 0 Å². The van der Waals surface area contributed by atoms with Crippen LogP contribution < -0.4 is 20.9 Å². The molecule has 3 heterocycles. The van der Waals surface area contributed by atoms with Gasteiger partial charge in [0, 0.05) is 51.6 Å². The normalized spacial score (nSPS) is 15.3. The summed E-state index contributed by atoms with van der Waals surface area (Å²) >= 11 is 6.86. The molecule has 38 heavy (non-hydrogen) atoms. The zero-order valence-electron chi connectivity index (χ0n) is 20.8. The third-order valence-corrected chi connectivity index (χ3v) is 6.80. The summed E-state index contributed by atoms with van der Waals surface area (Å²) in [6, 6.07) is 3.92. The van der Waals surface area contributed by atoms with Gasteiger partial charge in [-0.25, -0.2) is 9.50 Å². The van der Waals surface area contributed by atoms with Gasteiger partial charge in [0.05, 0.1) is 29.1 Å². The van der Waals surface area contributed by atoms with Gasteiger partial charge < -0.3 is 36.6 Å². The topological polar surface area (TPSA) is 167 Å². The minimum absolute atomic E-state index is 0.0218. The van der Waals surface area contributed by atoms with E-state index >= 15 is 0 Å². The predicted octanol–water partition coefficient (Wildman–Crippen LogP) is 1.88. The predicted molar refractivity (Wildman–Crippen MR) is 145 cm³/mol. The third kappa shape index (κ3) is 5.37. The maximum Gasteiger partial charge on any atom is 0.247 e. The van der Waals surface area contributed by atoms with Crippen LogP contribution >= 0.6 is 11.6 Å². The molecule has 2 amide bonds. The Bertz CT molecular complexity index is 1410. The molecule has 0 unspecified atom stereocenters. The van der Waals surface area contributed by atoms with Gasteiger partial charge in [-0.2, -0.15) is 4.98 Å². The number of aromatic nitrogens is 4. The Morgan fingerprint density at radius 3 is 2.58 bits per heavy atom. The molecule has 5 rings (SSSR count). The summed E-state index contributed by atoms with van der Waals surface area (Å²) in [7, 11) is 0. The van der Waals surface area contributed by atoms with Crippen molar-refractivity contribution in [2.24, 2.45) is 0 Å². The lowest BCUT2D eigenvalue weighted by Crippen LogP contribution is -2.51. The summed E-state index contributed by atoms with van der Waals surface area (Å²) in [6.07, 6.45) is 6.10. The highest BCUT2D eigenvalue weighted by atomic mass is 35.5. The number of imidazole rings is 1. The number of piperazine rings is 1. The van der Waals surface area contributed by atoms with Crippen molar-refractivity contribution in [3.63, 3.8) is 0 Å². The number of carbonyl (C=O) groups excluding carboxylic acids is 2. The molecule has 1 saturated carbocycles. The smallest absolute Gasteiger partial charge is 0.247 e. The van der Waals surface area contributed by atoms with Gasteiger partial charge >= 0.3 is 0 Å². The Morgan fingerprint density at radius 2 is 1.92 bits per heavy atom. The molecule has 5 N–H and O–H groups in total. The fraction of sp³-hybridized carbons (Fsp3) is 0.375. The number of amides is 2. The lowest BCUT2D eigenvalue weighted by molar-refractivity contribution is -0.132. The molecule has 0 radical (unpaired) electrons. The van der Waals surface area contributed by atoms with Gasteiger partial charge in [0.15, 0.2) is 11.5 Å². The molecule has 0 bridgehead atoms. The molecule has 2 fully saturated rings. The molecule has 1 saturated heterocycles. The van der Waals surface area contributed by atoms with Gasteiger partial charge in [-0.3, -0.25) is 9.59 Å². The Morgan fingerprint density at radius 1 is 1.16 bits per heavy atom. The molecule has 13 nitrogen and oxygen atoms in total. The van der Waals surface area contributed by atoms with Crippen molar-refractivity contribution in [2.45, 2.75) is 25.8 Å². The average Bonchev–Trinajstić information content (AvgIpc) is 3.64. The summed E-state index contributed by atoms with van der Waals surface area (Å²) in [5, 5.41) is 29.6. The average molecular weight is 538 g/mol. The van der Waals surface area contributed by atoms with Crippen molar-refractivity contribution < 1.29 is 9.59 Å². The van der Waals surface area contributed by atoms with E-state index in [0.29, 0.717) is 65.7 Å². The number of rotatable bonds is 9. The van der Waals surface area contributed by atoms with E-state index in [9.17, 15) is 9.59 Å². The number of nitrogens with one attached hydrogen (secondary N) is 5. The fourth-order valence-corrected chi connectivity index (χ4v) is 4.51. The first kappa shape index (κ1) is 25.4. The lowest BCUT2D eigenvalue weighted by atomic mass is 10.1. The highest BCUT2D eigenvalue weighted by molar-refractivity contribution is 6.36. The number of hydrogen-bond acceptors (Lipinski definition) is 10. The first-order valence-electron chi connectivity index (χ1n) is 12.3. The SMILES string of the molecule is CC(=O)NCC(=O)N1CCN(c2cc(C=N)cc(Nc3nc(NC4CC4)c4ncc(C=N)n4n3)c2Cl)CC1. The van der Waals surface area contributed by atoms with Gasteiger partial charge in [-0.1, -0.05) is 11.6 Å². The first-order valence-corrected chi connectivity index (χ1v) is 12.6. The number of nitrogens with zero attached hydrogens (tertiary/aromatic N) is 6. The highest BCUT2D eigenvalue weighted by Gasteiger charge is 2.26. The molecular weight excluding hydrogens is 510 g/mol. The molecule has 0 spiro atoms. The Labute approximate surface area is 223 Å². The van der Waals surface area contributed by atoms with E-state index in [1.54, 1.807) is 21.7 Å². The standard InChI is InChI=1S/C24H28ClN11O2/c1-14(37)28-13-20(38)35-6-4-34(5-7-35)19-9-15(10-26)8-18(21(19)25)31-24-32-22(30-16-2-3-16)23-29-12-17(11-27)36(23)33-24/h8-12,16,26-27H,2-7,13H2,1H3,(H,28,37)(H2,30,31,32,33). The van der Waals surface area contributed by atoms with E-state index in [-0.39, 0.29) is 24.3 Å². The summed E-state index contributed by atoms with van der Waals surface area (Å²) < 4.78 is 1.56. The summed E-state index contributed by atoms with van der Waals surface area (Å²) in [5.41, 5.74) is 2.93. The fourth-order valence-electron chi connectivity index (χ4n) is 4.23. The molecule has 2 aliphatic rings. The summed E-state index contributed by atoms with van der Waals surface area (Å²) in [4.78, 5) is 36.3. The Kier molecular flexibility index (Phi) is 7.09. The number of benzene rings is 1. The molecule has 1 aromatic carbocycles. The van der Waals surface area contributed by atoms with Crippen LogP contribution in [0.4, 0.5) is 23.1 Å². The molecule has 1 aliphatic heterocycles.